The SMILES string of the molecule is CC(C)n1cnnc1CN(C)CC1(O)CCCN(C(=O)c2ncccc2O)C1. The van der Waals surface area contributed by atoms with Crippen LogP contribution in [0, 0.1) is 0 Å². The van der Waals surface area contributed by atoms with Crippen LogP contribution in [0.5, 0.6) is 5.75 Å². The monoisotopic (exact) mass is 388 g/mol. The first-order valence-corrected chi connectivity index (χ1v) is 9.51. The largest absolute Gasteiger partial charge is 0.505 e. The molecule has 28 heavy (non-hydrogen) atoms. The van der Waals surface area contributed by atoms with Gasteiger partial charge in [-0.25, -0.2) is 4.98 Å². The number of β-amino-alcohol motifs (C(OH)–C–C–N with tert-alkyl or cyclic N) is 1. The fourth-order valence-corrected chi connectivity index (χ4v) is 3.74. The number of rotatable bonds is 6. The first-order valence-electron chi connectivity index (χ1n) is 9.51. The number of hydrogen-bond acceptors (Lipinski definition) is 7. The fraction of sp³-hybridized carbons (Fsp3) is 0.579. The number of aliphatic hydroxyl groups is 1. The summed E-state index contributed by atoms with van der Waals surface area (Å²) in [5.41, 5.74) is -1.01. The highest BCUT2D eigenvalue weighted by Gasteiger charge is 2.37. The zero-order chi connectivity index (χ0) is 20.3. The normalized spacial score (nSPS) is 20.1. The first kappa shape index (κ1) is 20.2. The average molecular weight is 388 g/mol. The van der Waals surface area contributed by atoms with E-state index in [9.17, 15) is 15.0 Å². The molecule has 152 valence electrons. The van der Waals surface area contributed by atoms with Crippen LogP contribution in [-0.4, -0.2) is 78.0 Å². The lowest BCUT2D eigenvalue weighted by Gasteiger charge is -2.41. The maximum atomic E-state index is 12.7. The third kappa shape index (κ3) is 4.48. The van der Waals surface area contributed by atoms with E-state index in [0.717, 1.165) is 5.82 Å². The molecule has 1 aliphatic rings. The van der Waals surface area contributed by atoms with E-state index in [2.05, 4.69) is 29.0 Å². The fourth-order valence-electron chi connectivity index (χ4n) is 3.74. The molecule has 0 bridgehead atoms. The minimum Gasteiger partial charge on any atom is -0.505 e. The number of carbonyl (C=O) groups excluding carboxylic acids is 1. The van der Waals surface area contributed by atoms with Gasteiger partial charge in [0.2, 0.25) is 0 Å². The maximum absolute atomic E-state index is 12.7. The summed E-state index contributed by atoms with van der Waals surface area (Å²) in [4.78, 5) is 20.3. The van der Waals surface area contributed by atoms with Crippen molar-refractivity contribution < 1.29 is 15.0 Å². The Morgan fingerprint density at radius 1 is 1.43 bits per heavy atom. The molecule has 3 heterocycles. The Hall–Kier alpha value is -2.52. The van der Waals surface area contributed by atoms with Gasteiger partial charge in [-0.15, -0.1) is 10.2 Å². The molecule has 1 saturated heterocycles. The third-order valence-corrected chi connectivity index (χ3v) is 5.01. The molecule has 0 aromatic carbocycles. The molecular formula is C19H28N6O3. The predicted octanol–water partition coefficient (Wildman–Crippen LogP) is 1.06. The summed E-state index contributed by atoms with van der Waals surface area (Å²) in [6.07, 6.45) is 4.47. The molecule has 0 spiro atoms. The average Bonchev–Trinajstić information content (AvgIpc) is 3.09. The van der Waals surface area contributed by atoms with Crippen LogP contribution in [0.1, 0.15) is 49.0 Å². The van der Waals surface area contributed by atoms with Gasteiger partial charge in [-0.1, -0.05) is 0 Å². The van der Waals surface area contributed by atoms with Crippen molar-refractivity contribution in [2.75, 3.05) is 26.7 Å². The van der Waals surface area contributed by atoms with Crippen molar-refractivity contribution in [3.63, 3.8) is 0 Å². The molecule has 2 aromatic rings. The number of likely N-dealkylation sites (tertiary alicyclic amines) is 1. The van der Waals surface area contributed by atoms with Gasteiger partial charge in [-0.05, 0) is 45.9 Å². The summed E-state index contributed by atoms with van der Waals surface area (Å²) in [7, 11) is 1.92. The lowest BCUT2D eigenvalue weighted by molar-refractivity contribution is -0.0444. The molecule has 0 radical (unpaired) electrons. The molecule has 0 aliphatic carbocycles. The van der Waals surface area contributed by atoms with Crippen molar-refractivity contribution in [1.82, 2.24) is 29.5 Å². The molecule has 1 atom stereocenters. The number of hydrogen-bond donors (Lipinski definition) is 2. The molecule has 1 amide bonds. The number of piperidine rings is 1. The van der Waals surface area contributed by atoms with Crippen molar-refractivity contribution in [2.24, 2.45) is 0 Å². The second kappa shape index (κ2) is 8.24. The Balaban J connectivity index is 1.65. The second-order valence-electron chi connectivity index (χ2n) is 7.85. The molecule has 2 N–H and O–H groups in total. The van der Waals surface area contributed by atoms with Gasteiger partial charge in [0.25, 0.3) is 5.91 Å². The Morgan fingerprint density at radius 2 is 2.21 bits per heavy atom. The summed E-state index contributed by atoms with van der Waals surface area (Å²) in [5, 5.41) is 29.2. The van der Waals surface area contributed by atoms with Gasteiger partial charge < -0.3 is 19.7 Å². The number of aromatic nitrogens is 4. The smallest absolute Gasteiger partial charge is 0.276 e. The van der Waals surface area contributed by atoms with Crippen LogP contribution in [-0.2, 0) is 6.54 Å². The summed E-state index contributed by atoms with van der Waals surface area (Å²) in [5.74, 6) is 0.327. The van der Waals surface area contributed by atoms with Crippen molar-refractivity contribution in [3.05, 3.63) is 36.2 Å². The van der Waals surface area contributed by atoms with Gasteiger partial charge in [-0.3, -0.25) is 9.69 Å². The van der Waals surface area contributed by atoms with Crippen LogP contribution in [0.3, 0.4) is 0 Å². The highest BCUT2D eigenvalue weighted by atomic mass is 16.3. The summed E-state index contributed by atoms with van der Waals surface area (Å²) >= 11 is 0. The maximum Gasteiger partial charge on any atom is 0.276 e. The Labute approximate surface area is 164 Å². The lowest BCUT2D eigenvalue weighted by Crippen LogP contribution is -2.55. The zero-order valence-electron chi connectivity index (χ0n) is 16.6. The van der Waals surface area contributed by atoms with E-state index in [1.54, 1.807) is 17.3 Å². The molecule has 9 heteroatoms. The van der Waals surface area contributed by atoms with E-state index < -0.39 is 5.60 Å². The standard InChI is InChI=1S/C19H28N6O3/c1-14(2)25-13-21-22-16(25)10-23(3)11-19(28)7-5-9-24(12-19)18(27)17-15(26)6-4-8-20-17/h4,6,8,13-14,26,28H,5,7,9-12H2,1-3H3. The molecule has 1 aliphatic heterocycles. The van der Waals surface area contributed by atoms with Crippen LogP contribution < -0.4 is 0 Å². The van der Waals surface area contributed by atoms with Crippen LogP contribution in [0.2, 0.25) is 0 Å². The number of aromatic hydroxyl groups is 1. The van der Waals surface area contributed by atoms with E-state index in [1.165, 1.54) is 12.3 Å². The number of pyridine rings is 1. The van der Waals surface area contributed by atoms with E-state index in [0.29, 0.717) is 32.5 Å². The van der Waals surface area contributed by atoms with Crippen molar-refractivity contribution in [1.29, 1.82) is 0 Å². The minimum absolute atomic E-state index is 0.0186. The van der Waals surface area contributed by atoms with Gasteiger partial charge >= 0.3 is 0 Å². The predicted molar refractivity (Wildman–Crippen MR) is 103 cm³/mol. The quantitative estimate of drug-likeness (QED) is 0.762. The van der Waals surface area contributed by atoms with E-state index in [1.807, 2.05) is 16.5 Å². The number of nitrogens with zero attached hydrogens (tertiary/aromatic N) is 6. The topological polar surface area (TPSA) is 108 Å². The molecular weight excluding hydrogens is 360 g/mol. The van der Waals surface area contributed by atoms with Crippen LogP contribution in [0.15, 0.2) is 24.7 Å². The molecule has 0 saturated carbocycles. The highest BCUT2D eigenvalue weighted by Crippen LogP contribution is 2.25. The van der Waals surface area contributed by atoms with E-state index in [-0.39, 0.29) is 29.9 Å². The van der Waals surface area contributed by atoms with E-state index in [4.69, 9.17) is 0 Å². The van der Waals surface area contributed by atoms with Crippen LogP contribution in [0.4, 0.5) is 0 Å². The number of carbonyl (C=O) groups is 1. The first-order chi connectivity index (χ1) is 13.3. The molecule has 3 rings (SSSR count). The number of amides is 1. The van der Waals surface area contributed by atoms with Gasteiger partial charge in [0, 0.05) is 25.3 Å². The van der Waals surface area contributed by atoms with Gasteiger partial charge in [0.1, 0.15) is 17.9 Å². The van der Waals surface area contributed by atoms with Gasteiger partial charge in [0.15, 0.2) is 5.69 Å². The summed E-state index contributed by atoms with van der Waals surface area (Å²) < 4.78 is 2.00. The number of likely N-dealkylation sites (N-methyl/N-ethyl adjacent to an activating group) is 1. The third-order valence-electron chi connectivity index (χ3n) is 5.01. The molecule has 2 aromatic heterocycles. The Morgan fingerprint density at radius 3 is 2.93 bits per heavy atom. The van der Waals surface area contributed by atoms with Gasteiger partial charge in [0.05, 0.1) is 18.7 Å². The van der Waals surface area contributed by atoms with E-state index >= 15 is 0 Å². The zero-order valence-corrected chi connectivity index (χ0v) is 16.6. The van der Waals surface area contributed by atoms with Crippen molar-refractivity contribution in [2.45, 2.75) is 44.9 Å². The Bertz CT molecular complexity index is 824. The highest BCUT2D eigenvalue weighted by molar-refractivity contribution is 5.94. The Kier molecular flexibility index (Phi) is 5.95. The molecule has 1 unspecified atom stereocenters. The molecule has 1 fully saturated rings. The minimum atomic E-state index is -1.03. The summed E-state index contributed by atoms with van der Waals surface area (Å²) in [6, 6.07) is 3.27. The van der Waals surface area contributed by atoms with Gasteiger partial charge in [-0.2, -0.15) is 0 Å². The lowest BCUT2D eigenvalue weighted by atomic mass is 9.92. The van der Waals surface area contributed by atoms with Crippen molar-refractivity contribution >= 4 is 5.91 Å². The van der Waals surface area contributed by atoms with Crippen LogP contribution in [0.25, 0.3) is 0 Å². The molecule has 9 nitrogen and oxygen atoms in total. The second-order valence-corrected chi connectivity index (χ2v) is 7.85. The van der Waals surface area contributed by atoms with Crippen LogP contribution >= 0.6 is 0 Å². The summed E-state index contributed by atoms with van der Waals surface area (Å²) in [6.45, 7) is 5.81. The van der Waals surface area contributed by atoms with Crippen molar-refractivity contribution in [3.8, 4) is 5.75 Å².